The van der Waals surface area contributed by atoms with Crippen LogP contribution in [0.3, 0.4) is 0 Å². The molecule has 1 amide bonds. The smallest absolute Gasteiger partial charge is 0.307 e. The Morgan fingerprint density at radius 3 is 2.53 bits per heavy atom. The first-order chi connectivity index (χ1) is 8.16. The summed E-state index contributed by atoms with van der Waals surface area (Å²) in [7, 11) is 0. The van der Waals surface area contributed by atoms with Crippen LogP contribution in [-0.2, 0) is 9.59 Å². The molecule has 98 valence electrons. The molecule has 0 unspecified atom stereocenters. The molecule has 2 atom stereocenters. The van der Waals surface area contributed by atoms with Gasteiger partial charge in [0.15, 0.2) is 0 Å². The van der Waals surface area contributed by atoms with Crippen LogP contribution in [0.25, 0.3) is 0 Å². The van der Waals surface area contributed by atoms with Crippen LogP contribution in [0.15, 0.2) is 0 Å². The van der Waals surface area contributed by atoms with Gasteiger partial charge in [-0.15, -0.1) is 0 Å². The average molecular weight is 259 g/mol. The number of carbonyl (C=O) groups excluding carboxylic acids is 1. The van der Waals surface area contributed by atoms with Gasteiger partial charge in [-0.2, -0.15) is 11.8 Å². The predicted molar refractivity (Wildman–Crippen MR) is 69.1 cm³/mol. The van der Waals surface area contributed by atoms with E-state index in [1.807, 2.05) is 6.26 Å². The maximum Gasteiger partial charge on any atom is 0.307 e. The SMILES string of the molecule is CSCCCNC(=O)[C@@H]1CCCC[C@@H]1C(=O)O. The zero-order valence-corrected chi connectivity index (χ0v) is 11.1. The summed E-state index contributed by atoms with van der Waals surface area (Å²) in [5.74, 6) is -0.681. The second kappa shape index (κ2) is 7.58. The molecule has 0 aromatic heterocycles. The molecule has 4 nitrogen and oxygen atoms in total. The lowest BCUT2D eigenvalue weighted by Crippen LogP contribution is -2.40. The number of amides is 1. The summed E-state index contributed by atoms with van der Waals surface area (Å²) in [6.07, 6.45) is 6.21. The van der Waals surface area contributed by atoms with Crippen LogP contribution in [-0.4, -0.2) is 35.5 Å². The number of thioether (sulfide) groups is 1. The highest BCUT2D eigenvalue weighted by Gasteiger charge is 2.35. The number of hydrogen-bond donors (Lipinski definition) is 2. The molecule has 0 bridgehead atoms. The van der Waals surface area contributed by atoms with Crippen molar-refractivity contribution < 1.29 is 14.7 Å². The van der Waals surface area contributed by atoms with Crippen molar-refractivity contribution in [1.82, 2.24) is 5.32 Å². The summed E-state index contributed by atoms with van der Waals surface area (Å²) in [5.41, 5.74) is 0. The highest BCUT2D eigenvalue weighted by molar-refractivity contribution is 7.98. The van der Waals surface area contributed by atoms with E-state index in [0.717, 1.165) is 25.0 Å². The number of carbonyl (C=O) groups is 2. The Morgan fingerprint density at radius 2 is 1.94 bits per heavy atom. The summed E-state index contributed by atoms with van der Waals surface area (Å²) in [6.45, 7) is 0.655. The van der Waals surface area contributed by atoms with Crippen LogP contribution in [0.4, 0.5) is 0 Å². The quantitative estimate of drug-likeness (QED) is 0.713. The maximum absolute atomic E-state index is 11.9. The molecule has 2 N–H and O–H groups in total. The molecule has 1 saturated carbocycles. The van der Waals surface area contributed by atoms with Gasteiger partial charge in [0, 0.05) is 6.54 Å². The minimum atomic E-state index is -0.825. The van der Waals surface area contributed by atoms with Crippen molar-refractivity contribution >= 4 is 23.6 Å². The molecular formula is C12H21NO3S. The Kier molecular flexibility index (Phi) is 6.40. The van der Waals surface area contributed by atoms with Crippen molar-refractivity contribution in [2.24, 2.45) is 11.8 Å². The van der Waals surface area contributed by atoms with Crippen molar-refractivity contribution in [2.75, 3.05) is 18.6 Å². The number of carboxylic acid groups (broad SMARTS) is 1. The second-order valence-electron chi connectivity index (χ2n) is 4.47. The van der Waals surface area contributed by atoms with E-state index in [9.17, 15) is 9.59 Å². The lowest BCUT2D eigenvalue weighted by molar-refractivity contribution is -0.148. The van der Waals surface area contributed by atoms with Crippen LogP contribution >= 0.6 is 11.8 Å². The third kappa shape index (κ3) is 4.58. The Labute approximate surface area is 107 Å². The number of aliphatic carboxylic acids is 1. The lowest BCUT2D eigenvalue weighted by atomic mass is 9.79. The summed E-state index contributed by atoms with van der Waals surface area (Å²) < 4.78 is 0. The Bertz CT molecular complexity index is 270. The van der Waals surface area contributed by atoms with Crippen molar-refractivity contribution in [3.8, 4) is 0 Å². The third-order valence-corrected chi connectivity index (χ3v) is 3.94. The van der Waals surface area contributed by atoms with Gasteiger partial charge in [0.05, 0.1) is 11.8 Å². The van der Waals surface area contributed by atoms with Crippen LogP contribution in [0.2, 0.25) is 0 Å². The first kappa shape index (κ1) is 14.4. The molecule has 17 heavy (non-hydrogen) atoms. The van der Waals surface area contributed by atoms with E-state index >= 15 is 0 Å². The fourth-order valence-electron chi connectivity index (χ4n) is 2.30. The minimum Gasteiger partial charge on any atom is -0.481 e. The average Bonchev–Trinajstić information content (AvgIpc) is 2.34. The first-order valence-electron chi connectivity index (χ1n) is 6.16. The van der Waals surface area contributed by atoms with Crippen LogP contribution < -0.4 is 5.32 Å². The third-order valence-electron chi connectivity index (χ3n) is 3.24. The minimum absolute atomic E-state index is 0.0711. The maximum atomic E-state index is 11.9. The van der Waals surface area contributed by atoms with Gasteiger partial charge < -0.3 is 10.4 Å². The summed E-state index contributed by atoms with van der Waals surface area (Å²) in [4.78, 5) is 23.0. The van der Waals surface area contributed by atoms with Crippen molar-refractivity contribution in [3.63, 3.8) is 0 Å². The molecule has 1 rings (SSSR count). The number of hydrogen-bond acceptors (Lipinski definition) is 3. The van der Waals surface area contributed by atoms with E-state index in [1.54, 1.807) is 11.8 Å². The fourth-order valence-corrected chi connectivity index (χ4v) is 2.73. The monoisotopic (exact) mass is 259 g/mol. The van der Waals surface area contributed by atoms with Crippen LogP contribution in [0.1, 0.15) is 32.1 Å². The van der Waals surface area contributed by atoms with Crippen molar-refractivity contribution in [2.45, 2.75) is 32.1 Å². The van der Waals surface area contributed by atoms with Gasteiger partial charge >= 0.3 is 5.97 Å². The summed E-state index contributed by atoms with van der Waals surface area (Å²) in [5, 5.41) is 11.9. The van der Waals surface area contributed by atoms with E-state index in [2.05, 4.69) is 5.32 Å². The van der Waals surface area contributed by atoms with Crippen molar-refractivity contribution in [3.05, 3.63) is 0 Å². The predicted octanol–water partition coefficient (Wildman–Crippen LogP) is 1.75. The molecule has 0 radical (unpaired) electrons. The topological polar surface area (TPSA) is 66.4 Å². The van der Waals surface area contributed by atoms with Crippen molar-refractivity contribution in [1.29, 1.82) is 0 Å². The van der Waals surface area contributed by atoms with E-state index in [-0.39, 0.29) is 11.8 Å². The fraction of sp³-hybridized carbons (Fsp3) is 0.833. The van der Waals surface area contributed by atoms with Crippen LogP contribution in [0, 0.1) is 11.8 Å². The Morgan fingerprint density at radius 1 is 1.29 bits per heavy atom. The largest absolute Gasteiger partial charge is 0.481 e. The normalized spacial score (nSPS) is 24.3. The number of nitrogens with one attached hydrogen (secondary N) is 1. The molecule has 0 aliphatic heterocycles. The zero-order valence-electron chi connectivity index (χ0n) is 10.3. The summed E-state index contributed by atoms with van der Waals surface area (Å²) >= 11 is 1.75. The molecule has 0 aromatic rings. The van der Waals surface area contributed by atoms with E-state index < -0.39 is 11.9 Å². The van der Waals surface area contributed by atoms with Gasteiger partial charge in [0.2, 0.25) is 5.91 Å². The molecular weight excluding hydrogens is 238 g/mol. The molecule has 0 spiro atoms. The van der Waals surface area contributed by atoms with Gasteiger partial charge in [-0.1, -0.05) is 12.8 Å². The molecule has 5 heteroatoms. The molecule has 1 fully saturated rings. The Balaban J connectivity index is 2.39. The lowest BCUT2D eigenvalue weighted by Gasteiger charge is -2.27. The van der Waals surface area contributed by atoms with Gasteiger partial charge in [0.25, 0.3) is 0 Å². The van der Waals surface area contributed by atoms with Gasteiger partial charge in [-0.3, -0.25) is 9.59 Å². The zero-order chi connectivity index (χ0) is 12.7. The molecule has 0 heterocycles. The molecule has 1 aliphatic rings. The standard InChI is InChI=1S/C12H21NO3S/c1-17-8-4-7-13-11(14)9-5-2-3-6-10(9)12(15)16/h9-10H,2-8H2,1H3,(H,13,14)(H,15,16)/t9-,10+/m1/s1. The molecule has 0 aromatic carbocycles. The highest BCUT2D eigenvalue weighted by Crippen LogP contribution is 2.30. The Hall–Kier alpha value is -0.710. The van der Waals surface area contributed by atoms with Gasteiger partial charge in [-0.05, 0) is 31.3 Å². The molecule has 0 saturated heterocycles. The second-order valence-corrected chi connectivity index (χ2v) is 5.46. The van der Waals surface area contributed by atoms with Crippen LogP contribution in [0.5, 0.6) is 0 Å². The number of rotatable bonds is 6. The van der Waals surface area contributed by atoms with Gasteiger partial charge in [-0.25, -0.2) is 0 Å². The first-order valence-corrected chi connectivity index (χ1v) is 7.55. The van der Waals surface area contributed by atoms with E-state index in [0.29, 0.717) is 19.4 Å². The highest BCUT2D eigenvalue weighted by atomic mass is 32.2. The van der Waals surface area contributed by atoms with Gasteiger partial charge in [0.1, 0.15) is 0 Å². The summed E-state index contributed by atoms with van der Waals surface area (Å²) in [6, 6.07) is 0. The van der Waals surface area contributed by atoms with E-state index in [1.165, 1.54) is 0 Å². The van der Waals surface area contributed by atoms with E-state index in [4.69, 9.17) is 5.11 Å². The number of carboxylic acids is 1. The molecule has 1 aliphatic carbocycles.